The summed E-state index contributed by atoms with van der Waals surface area (Å²) in [5.41, 5.74) is 15.4. The lowest BCUT2D eigenvalue weighted by Crippen LogP contribution is -2.01. The minimum absolute atomic E-state index is 0.868. The van der Waals surface area contributed by atoms with Crippen LogP contribution >= 0.6 is 0 Å². The number of allylic oxidation sites excluding steroid dienone is 1. The van der Waals surface area contributed by atoms with Crippen LogP contribution in [0.25, 0.3) is 148 Å². The van der Waals surface area contributed by atoms with Gasteiger partial charge >= 0.3 is 0 Å². The number of hydrogen-bond donors (Lipinski definition) is 0. The van der Waals surface area contributed by atoms with E-state index in [4.69, 9.17) is 9.97 Å². The Morgan fingerprint density at radius 2 is 1.00 bits per heavy atom. The number of benzene rings is 12. The van der Waals surface area contributed by atoms with Gasteiger partial charge in [0.05, 0.1) is 50.2 Å². The highest BCUT2D eigenvalue weighted by Crippen LogP contribution is 2.45. The van der Waals surface area contributed by atoms with Crippen LogP contribution in [0.3, 0.4) is 0 Å². The Balaban J connectivity index is 0.929. The fourth-order valence-corrected chi connectivity index (χ4v) is 12.5. The van der Waals surface area contributed by atoms with E-state index < -0.39 is 0 Å². The maximum absolute atomic E-state index is 5.48. The summed E-state index contributed by atoms with van der Waals surface area (Å²) in [6, 6.07) is 80.3. The molecule has 3 heterocycles. The molecular weight excluding hydrogens is 873 g/mol. The van der Waals surface area contributed by atoms with Gasteiger partial charge in [-0.3, -0.25) is 0 Å². The summed E-state index contributed by atoms with van der Waals surface area (Å²) in [4.78, 5) is 10.9. The second-order valence-electron chi connectivity index (χ2n) is 19.5. The Bertz CT molecular complexity index is 4840. The zero-order valence-electron chi connectivity index (χ0n) is 39.1. The summed E-state index contributed by atoms with van der Waals surface area (Å²) in [5, 5.41) is 17.2. The lowest BCUT2D eigenvalue weighted by molar-refractivity contribution is 0.986. The van der Waals surface area contributed by atoms with Gasteiger partial charge in [0.15, 0.2) is 0 Å². The van der Waals surface area contributed by atoms with Crippen molar-refractivity contribution < 1.29 is 0 Å². The standard InChI is InChI=1S/C68H42N4/c1-2-17-43-40-64-58(38-42(43)16-1)65-62(29-14-30-63(65)72-61-28-12-9-24-54(61)56-35-31-41-15-3-4-19-48(41)68(56)72)71(64)46-33-36-47-44(37-46)18-13-25-55(47)67-66(69-59-26-10-11-27-60(59)70-67)45-32-34-53-51-22-6-5-20-49(51)50-21-7-8-23-52(50)57(53)39-45/h1-2,4-14,16-40H,3,15H2. The number of fused-ring (bicyclic) bond motifs is 17. The minimum atomic E-state index is 0.868. The molecule has 334 valence electrons. The Labute approximate surface area is 414 Å². The maximum atomic E-state index is 5.48. The van der Waals surface area contributed by atoms with Gasteiger partial charge in [-0.1, -0.05) is 170 Å². The van der Waals surface area contributed by atoms with Crippen LogP contribution in [0.1, 0.15) is 17.5 Å². The molecule has 16 rings (SSSR count). The first-order chi connectivity index (χ1) is 35.7. The molecule has 0 radical (unpaired) electrons. The number of para-hydroxylation sites is 3. The average molecular weight is 915 g/mol. The van der Waals surface area contributed by atoms with Gasteiger partial charge in [-0.25, -0.2) is 9.97 Å². The number of aryl methyl sites for hydroxylation is 1. The monoisotopic (exact) mass is 914 g/mol. The third kappa shape index (κ3) is 5.63. The molecule has 0 saturated heterocycles. The molecule has 0 spiro atoms. The molecule has 4 heteroatoms. The van der Waals surface area contributed by atoms with Gasteiger partial charge < -0.3 is 9.13 Å². The third-order valence-electron chi connectivity index (χ3n) is 15.7. The molecule has 0 aliphatic heterocycles. The molecule has 1 aliphatic carbocycles. The number of nitrogens with zero attached hydrogens (tertiary/aromatic N) is 4. The van der Waals surface area contributed by atoms with Crippen molar-refractivity contribution in [3.05, 3.63) is 236 Å². The lowest BCUT2D eigenvalue weighted by Gasteiger charge is -2.16. The molecule has 0 atom stereocenters. The van der Waals surface area contributed by atoms with E-state index in [2.05, 4.69) is 234 Å². The van der Waals surface area contributed by atoms with Gasteiger partial charge in [0, 0.05) is 43.9 Å². The molecule has 0 saturated carbocycles. The van der Waals surface area contributed by atoms with E-state index in [-0.39, 0.29) is 0 Å². The fourth-order valence-electron chi connectivity index (χ4n) is 12.5. The van der Waals surface area contributed by atoms with Crippen molar-refractivity contribution >= 4 is 115 Å². The Hall–Kier alpha value is -9.38. The van der Waals surface area contributed by atoms with E-state index in [9.17, 15) is 0 Å². The van der Waals surface area contributed by atoms with Crippen LogP contribution in [0.5, 0.6) is 0 Å². The predicted molar refractivity (Wildman–Crippen MR) is 304 cm³/mol. The highest BCUT2D eigenvalue weighted by molar-refractivity contribution is 6.26. The van der Waals surface area contributed by atoms with Crippen LogP contribution in [0.15, 0.2) is 224 Å². The Morgan fingerprint density at radius 3 is 1.81 bits per heavy atom. The first-order valence-corrected chi connectivity index (χ1v) is 25.0. The van der Waals surface area contributed by atoms with Crippen LogP contribution in [0.4, 0.5) is 0 Å². The summed E-state index contributed by atoms with van der Waals surface area (Å²) in [5.74, 6) is 0. The van der Waals surface area contributed by atoms with Crippen LogP contribution in [-0.2, 0) is 6.42 Å². The van der Waals surface area contributed by atoms with E-state index in [0.29, 0.717) is 0 Å². The fraction of sp³-hybridized carbons (Fsp3) is 0.0294. The minimum Gasteiger partial charge on any atom is -0.309 e. The normalized spacial score (nSPS) is 12.8. The van der Waals surface area contributed by atoms with Crippen molar-refractivity contribution in [1.82, 2.24) is 19.1 Å². The Kier molecular flexibility index (Phi) is 8.25. The highest BCUT2D eigenvalue weighted by Gasteiger charge is 2.24. The quantitative estimate of drug-likeness (QED) is 0.165. The van der Waals surface area contributed by atoms with Crippen molar-refractivity contribution in [1.29, 1.82) is 0 Å². The molecule has 0 fully saturated rings. The SMILES string of the molecule is C1=Cc2c(ccc3c4ccccc4n(-c4cccc5c4c4cc6ccccc6cc4n5-c4ccc5c(-c6nc7ccccc7nc6-c6ccc7c8ccccc8c8ccccc8c7c6)cccc5c4)c23)CC1. The smallest absolute Gasteiger partial charge is 0.0979 e. The topological polar surface area (TPSA) is 35.6 Å². The summed E-state index contributed by atoms with van der Waals surface area (Å²) in [6.45, 7) is 0. The molecule has 0 unspecified atom stereocenters. The zero-order chi connectivity index (χ0) is 47.0. The second-order valence-corrected chi connectivity index (χ2v) is 19.5. The van der Waals surface area contributed by atoms with Crippen molar-refractivity contribution in [3.8, 4) is 33.9 Å². The zero-order valence-corrected chi connectivity index (χ0v) is 39.1. The van der Waals surface area contributed by atoms with Crippen LogP contribution in [-0.4, -0.2) is 19.1 Å². The van der Waals surface area contributed by atoms with E-state index >= 15 is 0 Å². The second kappa shape index (κ2) is 15.1. The van der Waals surface area contributed by atoms with E-state index in [1.807, 2.05) is 6.07 Å². The summed E-state index contributed by atoms with van der Waals surface area (Å²) in [7, 11) is 0. The molecule has 4 nitrogen and oxygen atoms in total. The summed E-state index contributed by atoms with van der Waals surface area (Å²) >= 11 is 0. The first kappa shape index (κ1) is 39.5. The molecule has 12 aromatic carbocycles. The van der Waals surface area contributed by atoms with Crippen LogP contribution < -0.4 is 0 Å². The predicted octanol–water partition coefficient (Wildman–Crippen LogP) is 17.9. The molecule has 0 amide bonds. The molecule has 1 aliphatic rings. The van der Waals surface area contributed by atoms with Gasteiger partial charge in [-0.15, -0.1) is 0 Å². The molecule has 3 aromatic heterocycles. The molecule has 72 heavy (non-hydrogen) atoms. The lowest BCUT2D eigenvalue weighted by atomic mass is 9.92. The van der Waals surface area contributed by atoms with Crippen LogP contribution in [0.2, 0.25) is 0 Å². The maximum Gasteiger partial charge on any atom is 0.0979 e. The van der Waals surface area contributed by atoms with Gasteiger partial charge in [0.2, 0.25) is 0 Å². The number of aromatic nitrogens is 4. The summed E-state index contributed by atoms with van der Waals surface area (Å²) in [6.07, 6.45) is 6.82. The largest absolute Gasteiger partial charge is 0.309 e. The first-order valence-electron chi connectivity index (χ1n) is 25.0. The number of rotatable bonds is 4. The van der Waals surface area contributed by atoms with Crippen LogP contribution in [0, 0.1) is 0 Å². The number of hydrogen-bond acceptors (Lipinski definition) is 2. The van der Waals surface area contributed by atoms with Crippen molar-refractivity contribution in [2.24, 2.45) is 0 Å². The summed E-state index contributed by atoms with van der Waals surface area (Å²) < 4.78 is 5.04. The van der Waals surface area contributed by atoms with E-state index in [0.717, 1.165) is 62.8 Å². The highest BCUT2D eigenvalue weighted by atomic mass is 15.0. The van der Waals surface area contributed by atoms with Gasteiger partial charge in [0.25, 0.3) is 0 Å². The third-order valence-corrected chi connectivity index (χ3v) is 15.7. The van der Waals surface area contributed by atoms with E-state index in [1.165, 1.54) is 104 Å². The van der Waals surface area contributed by atoms with Gasteiger partial charge in [-0.2, -0.15) is 0 Å². The molecule has 15 aromatic rings. The van der Waals surface area contributed by atoms with Gasteiger partial charge in [0.1, 0.15) is 0 Å². The Morgan fingerprint density at radius 1 is 0.375 bits per heavy atom. The average Bonchev–Trinajstić information content (AvgIpc) is 3.96. The van der Waals surface area contributed by atoms with Crippen molar-refractivity contribution in [2.45, 2.75) is 12.8 Å². The molecular formula is C68H42N4. The van der Waals surface area contributed by atoms with Crippen molar-refractivity contribution in [3.63, 3.8) is 0 Å². The van der Waals surface area contributed by atoms with E-state index in [1.54, 1.807) is 0 Å². The van der Waals surface area contributed by atoms with Crippen molar-refractivity contribution in [2.75, 3.05) is 0 Å². The molecule has 0 N–H and O–H groups in total. The van der Waals surface area contributed by atoms with Gasteiger partial charge in [-0.05, 0) is 133 Å². The molecule has 0 bridgehead atoms.